The Labute approximate surface area is 201 Å². The molecule has 1 aliphatic rings. The van der Waals surface area contributed by atoms with Gasteiger partial charge in [-0.05, 0) is 23.1 Å². The van der Waals surface area contributed by atoms with Gasteiger partial charge in [-0.2, -0.15) is 0 Å². The van der Waals surface area contributed by atoms with Gasteiger partial charge in [-0.3, -0.25) is 9.69 Å². The number of fused-ring (bicyclic) bond motifs is 1. The number of nitrogens with one attached hydrogen (secondary N) is 1. The molecule has 2 aromatic rings. The van der Waals surface area contributed by atoms with Gasteiger partial charge < -0.3 is 14.8 Å². The van der Waals surface area contributed by atoms with Gasteiger partial charge in [-0.15, -0.1) is 0 Å². The van der Waals surface area contributed by atoms with Crippen molar-refractivity contribution in [1.29, 1.82) is 0 Å². The Balaban J connectivity index is 1.73. The number of benzene rings is 2. The van der Waals surface area contributed by atoms with E-state index in [-0.39, 0.29) is 19.1 Å². The standard InChI is InChI=1S/C27H34N2O5/c1-3-4-5-9-16-23(26(31)33-2)28-25(30)24-17-21-14-10-11-15-22(21)18-29(24)27(32)34-19-20-12-7-6-8-13-20/h6-8,10-15,23-24H,3-5,9,16-19H2,1-2H3,(H,28,30)/t23-,24-/m0/s1. The summed E-state index contributed by atoms with van der Waals surface area (Å²) in [6.07, 6.45) is 4.24. The van der Waals surface area contributed by atoms with Gasteiger partial charge in [0.1, 0.15) is 18.7 Å². The van der Waals surface area contributed by atoms with Gasteiger partial charge in [-0.25, -0.2) is 9.59 Å². The Morgan fingerprint density at radius 2 is 1.71 bits per heavy atom. The first kappa shape index (κ1) is 25.3. The Kier molecular flexibility index (Phi) is 9.50. The number of hydrogen-bond acceptors (Lipinski definition) is 5. The van der Waals surface area contributed by atoms with E-state index in [1.807, 2.05) is 54.6 Å². The van der Waals surface area contributed by atoms with Crippen molar-refractivity contribution in [3.63, 3.8) is 0 Å². The summed E-state index contributed by atoms with van der Waals surface area (Å²) in [4.78, 5) is 40.2. The van der Waals surface area contributed by atoms with Gasteiger partial charge in [-0.1, -0.05) is 87.2 Å². The average molecular weight is 467 g/mol. The number of amides is 2. The van der Waals surface area contributed by atoms with Crippen molar-refractivity contribution in [2.75, 3.05) is 7.11 Å². The molecule has 1 aliphatic heterocycles. The minimum absolute atomic E-state index is 0.119. The summed E-state index contributed by atoms with van der Waals surface area (Å²) in [7, 11) is 1.32. The van der Waals surface area contributed by atoms with E-state index in [1.54, 1.807) is 0 Å². The molecule has 7 nitrogen and oxygen atoms in total. The maximum Gasteiger partial charge on any atom is 0.411 e. The van der Waals surface area contributed by atoms with Gasteiger partial charge in [0, 0.05) is 6.42 Å². The molecule has 7 heteroatoms. The van der Waals surface area contributed by atoms with Crippen LogP contribution in [-0.2, 0) is 38.6 Å². The molecule has 2 amide bonds. The summed E-state index contributed by atoms with van der Waals surface area (Å²) in [6.45, 7) is 2.50. The first-order chi connectivity index (χ1) is 16.5. The van der Waals surface area contributed by atoms with E-state index in [9.17, 15) is 14.4 Å². The largest absolute Gasteiger partial charge is 0.467 e. The highest BCUT2D eigenvalue weighted by atomic mass is 16.6. The molecule has 2 atom stereocenters. The lowest BCUT2D eigenvalue weighted by atomic mass is 9.93. The zero-order valence-electron chi connectivity index (χ0n) is 20.0. The van der Waals surface area contributed by atoms with Crippen molar-refractivity contribution in [3.8, 4) is 0 Å². The minimum Gasteiger partial charge on any atom is -0.467 e. The highest BCUT2D eigenvalue weighted by molar-refractivity contribution is 5.90. The quantitative estimate of drug-likeness (QED) is 0.415. The number of unbranched alkanes of at least 4 members (excludes halogenated alkanes) is 3. The molecule has 0 unspecified atom stereocenters. The lowest BCUT2D eigenvalue weighted by Crippen LogP contribution is -2.55. The van der Waals surface area contributed by atoms with E-state index >= 15 is 0 Å². The monoisotopic (exact) mass is 466 g/mol. The highest BCUT2D eigenvalue weighted by Gasteiger charge is 2.37. The molecular weight excluding hydrogens is 432 g/mol. The zero-order chi connectivity index (χ0) is 24.3. The molecule has 0 aliphatic carbocycles. The second-order valence-corrected chi connectivity index (χ2v) is 8.59. The summed E-state index contributed by atoms with van der Waals surface area (Å²) in [6, 6.07) is 15.6. The number of carbonyl (C=O) groups excluding carboxylic acids is 3. The molecule has 182 valence electrons. The molecule has 2 aromatic carbocycles. The van der Waals surface area contributed by atoms with Crippen LogP contribution in [0.15, 0.2) is 54.6 Å². The Bertz CT molecular complexity index is 963. The second kappa shape index (κ2) is 12.8. The maximum atomic E-state index is 13.3. The number of hydrogen-bond donors (Lipinski definition) is 1. The van der Waals surface area contributed by atoms with Gasteiger partial charge in [0.25, 0.3) is 0 Å². The number of methoxy groups -OCH3 is 1. The number of carbonyl (C=O) groups is 3. The van der Waals surface area contributed by atoms with Crippen LogP contribution < -0.4 is 5.32 Å². The fourth-order valence-electron chi connectivity index (χ4n) is 4.19. The zero-order valence-corrected chi connectivity index (χ0v) is 20.0. The van der Waals surface area contributed by atoms with Crippen molar-refractivity contribution in [2.45, 2.75) is 70.7 Å². The summed E-state index contributed by atoms with van der Waals surface area (Å²) in [5, 5.41) is 2.84. The van der Waals surface area contributed by atoms with Crippen LogP contribution in [0, 0.1) is 0 Å². The lowest BCUT2D eigenvalue weighted by Gasteiger charge is -2.35. The van der Waals surface area contributed by atoms with E-state index in [1.165, 1.54) is 12.0 Å². The van der Waals surface area contributed by atoms with Crippen LogP contribution in [0.25, 0.3) is 0 Å². The Hall–Kier alpha value is -3.35. The van der Waals surface area contributed by atoms with Gasteiger partial charge >= 0.3 is 12.1 Å². The number of rotatable bonds is 10. The summed E-state index contributed by atoms with van der Waals surface area (Å²) >= 11 is 0. The number of esters is 1. The first-order valence-corrected chi connectivity index (χ1v) is 12.0. The van der Waals surface area contributed by atoms with Crippen molar-refractivity contribution in [2.24, 2.45) is 0 Å². The molecule has 34 heavy (non-hydrogen) atoms. The number of nitrogens with zero attached hydrogens (tertiary/aromatic N) is 1. The third kappa shape index (κ3) is 6.83. The normalized spacial score (nSPS) is 15.7. The van der Waals surface area contributed by atoms with Crippen LogP contribution in [0.4, 0.5) is 4.79 Å². The lowest BCUT2D eigenvalue weighted by molar-refractivity contribution is -0.146. The fraction of sp³-hybridized carbons (Fsp3) is 0.444. The van der Waals surface area contributed by atoms with E-state index in [0.717, 1.165) is 42.4 Å². The molecule has 1 heterocycles. The molecular formula is C27H34N2O5. The van der Waals surface area contributed by atoms with E-state index in [2.05, 4.69) is 12.2 Å². The van der Waals surface area contributed by atoms with Gasteiger partial charge in [0.05, 0.1) is 13.7 Å². The molecule has 0 saturated carbocycles. The van der Waals surface area contributed by atoms with Crippen LogP contribution in [0.3, 0.4) is 0 Å². The molecule has 0 bridgehead atoms. The van der Waals surface area contributed by atoms with E-state index in [0.29, 0.717) is 12.8 Å². The smallest absolute Gasteiger partial charge is 0.411 e. The third-order valence-corrected chi connectivity index (χ3v) is 6.14. The Morgan fingerprint density at radius 1 is 1.00 bits per heavy atom. The predicted molar refractivity (Wildman–Crippen MR) is 129 cm³/mol. The summed E-state index contributed by atoms with van der Waals surface area (Å²) in [5.41, 5.74) is 2.85. The first-order valence-electron chi connectivity index (χ1n) is 12.0. The van der Waals surface area contributed by atoms with Crippen LogP contribution in [-0.4, -0.2) is 42.1 Å². The molecule has 0 spiro atoms. The van der Waals surface area contributed by atoms with Crippen LogP contribution >= 0.6 is 0 Å². The van der Waals surface area contributed by atoms with Crippen molar-refractivity contribution in [3.05, 3.63) is 71.3 Å². The molecule has 0 fully saturated rings. The summed E-state index contributed by atoms with van der Waals surface area (Å²) in [5.74, 6) is -0.851. The minimum atomic E-state index is -0.777. The van der Waals surface area contributed by atoms with Crippen molar-refractivity contribution in [1.82, 2.24) is 10.2 Å². The molecule has 0 aromatic heterocycles. The van der Waals surface area contributed by atoms with Crippen molar-refractivity contribution >= 4 is 18.0 Å². The molecule has 0 radical (unpaired) electrons. The molecule has 0 saturated heterocycles. The highest BCUT2D eigenvalue weighted by Crippen LogP contribution is 2.25. The third-order valence-electron chi connectivity index (χ3n) is 6.14. The number of ether oxygens (including phenoxy) is 2. The Morgan fingerprint density at radius 3 is 2.41 bits per heavy atom. The van der Waals surface area contributed by atoms with Crippen LogP contribution in [0.2, 0.25) is 0 Å². The van der Waals surface area contributed by atoms with Crippen LogP contribution in [0.5, 0.6) is 0 Å². The second-order valence-electron chi connectivity index (χ2n) is 8.59. The van der Waals surface area contributed by atoms with Crippen molar-refractivity contribution < 1.29 is 23.9 Å². The predicted octanol–water partition coefficient (Wildman–Crippen LogP) is 4.38. The van der Waals surface area contributed by atoms with Gasteiger partial charge in [0.15, 0.2) is 0 Å². The van der Waals surface area contributed by atoms with Gasteiger partial charge in [0.2, 0.25) is 5.91 Å². The molecule has 3 rings (SSSR count). The van der Waals surface area contributed by atoms with Crippen LogP contribution in [0.1, 0.15) is 55.7 Å². The summed E-state index contributed by atoms with van der Waals surface area (Å²) < 4.78 is 10.5. The van der Waals surface area contributed by atoms with E-state index < -0.39 is 24.1 Å². The fourth-order valence-corrected chi connectivity index (χ4v) is 4.19. The maximum absolute atomic E-state index is 13.3. The SMILES string of the molecule is CCCCCC[C@H](NC(=O)[C@@H]1Cc2ccccc2CN1C(=O)OCc1ccccc1)C(=O)OC. The van der Waals surface area contributed by atoms with E-state index in [4.69, 9.17) is 9.47 Å². The molecule has 1 N–H and O–H groups in total. The topological polar surface area (TPSA) is 84.9 Å². The average Bonchev–Trinajstić information content (AvgIpc) is 2.88.